The molecule has 0 aromatic heterocycles. The van der Waals surface area contributed by atoms with E-state index in [9.17, 15) is 14.0 Å². The van der Waals surface area contributed by atoms with E-state index in [-0.39, 0.29) is 17.2 Å². The van der Waals surface area contributed by atoms with E-state index in [1.54, 1.807) is 49.4 Å². The van der Waals surface area contributed by atoms with E-state index in [1.807, 2.05) is 0 Å². The average molecular weight is 530 g/mol. The third-order valence-corrected chi connectivity index (χ3v) is 5.56. The normalized spacial score (nSPS) is 10.9. The number of nitrogens with one attached hydrogen (secondary N) is 2. The van der Waals surface area contributed by atoms with Crippen molar-refractivity contribution in [3.05, 3.63) is 76.6 Å². The SMILES string of the molecule is COc1ccc(NC(=O)C(=O)N/N=C(\C)c2ccc(OCc3c(F)cccc3Cl)c(OC)c2)c(OC)c1. The molecule has 2 N–H and O–H groups in total. The number of nitrogens with zero attached hydrogens (tertiary/aromatic N) is 1. The lowest BCUT2D eigenvalue weighted by Gasteiger charge is -2.13. The van der Waals surface area contributed by atoms with Crippen LogP contribution in [0.5, 0.6) is 23.0 Å². The summed E-state index contributed by atoms with van der Waals surface area (Å²) in [6, 6.07) is 14.0. The standard InChI is InChI=1S/C26H25ClFN3O6/c1-15(30-31-26(33)25(32)29-21-10-9-17(34-2)13-23(21)35-3)16-8-11-22(24(12-16)36-4)37-14-18-19(27)6-5-7-20(18)28/h5-13H,14H2,1-4H3,(H,29,32)(H,31,33)/b30-15+. The Labute approximate surface area is 218 Å². The van der Waals surface area contributed by atoms with Crippen LogP contribution in [0.1, 0.15) is 18.1 Å². The number of halogens is 2. The number of methoxy groups -OCH3 is 3. The van der Waals surface area contributed by atoms with Gasteiger partial charge in [0.1, 0.15) is 23.9 Å². The largest absolute Gasteiger partial charge is 0.497 e. The number of anilines is 1. The molecule has 3 aromatic carbocycles. The molecule has 194 valence electrons. The molecule has 9 nitrogen and oxygen atoms in total. The maximum absolute atomic E-state index is 14.0. The molecule has 11 heteroatoms. The van der Waals surface area contributed by atoms with Crippen LogP contribution < -0.4 is 29.7 Å². The van der Waals surface area contributed by atoms with E-state index < -0.39 is 17.6 Å². The molecule has 0 atom stereocenters. The van der Waals surface area contributed by atoms with Crippen molar-refractivity contribution < 1.29 is 32.9 Å². The lowest BCUT2D eigenvalue weighted by molar-refractivity contribution is -0.136. The summed E-state index contributed by atoms with van der Waals surface area (Å²) in [5.41, 5.74) is 3.71. The summed E-state index contributed by atoms with van der Waals surface area (Å²) in [6.07, 6.45) is 0. The van der Waals surface area contributed by atoms with Crippen LogP contribution in [0.3, 0.4) is 0 Å². The van der Waals surface area contributed by atoms with Crippen molar-refractivity contribution in [2.24, 2.45) is 5.10 Å². The van der Waals surface area contributed by atoms with Crippen molar-refractivity contribution in [3.8, 4) is 23.0 Å². The van der Waals surface area contributed by atoms with E-state index >= 15 is 0 Å². The van der Waals surface area contributed by atoms with Crippen molar-refractivity contribution in [1.29, 1.82) is 0 Å². The Morgan fingerprint density at radius 2 is 1.68 bits per heavy atom. The van der Waals surface area contributed by atoms with E-state index in [4.69, 9.17) is 30.5 Å². The minimum absolute atomic E-state index is 0.0988. The van der Waals surface area contributed by atoms with Gasteiger partial charge >= 0.3 is 11.8 Å². The van der Waals surface area contributed by atoms with Crippen LogP contribution in [0.25, 0.3) is 0 Å². The zero-order chi connectivity index (χ0) is 26.9. The van der Waals surface area contributed by atoms with E-state index in [0.29, 0.717) is 40.0 Å². The smallest absolute Gasteiger partial charge is 0.329 e. The number of hydrogen-bond acceptors (Lipinski definition) is 7. The van der Waals surface area contributed by atoms with Crippen LogP contribution in [0, 0.1) is 5.82 Å². The molecule has 0 unspecified atom stereocenters. The topological polar surface area (TPSA) is 107 Å². The number of carbonyl (C=O) groups is 2. The van der Waals surface area contributed by atoms with Crippen molar-refractivity contribution in [2.75, 3.05) is 26.6 Å². The minimum Gasteiger partial charge on any atom is -0.497 e. The van der Waals surface area contributed by atoms with Gasteiger partial charge in [0, 0.05) is 17.2 Å². The predicted octanol–water partition coefficient (Wildman–Crippen LogP) is 4.56. The van der Waals surface area contributed by atoms with Crippen LogP contribution in [0.4, 0.5) is 10.1 Å². The van der Waals surface area contributed by atoms with E-state index in [2.05, 4.69) is 15.8 Å². The Hall–Kier alpha value is -4.31. The van der Waals surface area contributed by atoms with Gasteiger partial charge in [0.2, 0.25) is 0 Å². The van der Waals surface area contributed by atoms with Crippen LogP contribution in [-0.2, 0) is 16.2 Å². The number of rotatable bonds is 9. The molecular formula is C26H25ClFN3O6. The van der Waals surface area contributed by atoms with Gasteiger partial charge in [-0.3, -0.25) is 9.59 Å². The maximum atomic E-state index is 14.0. The first-order chi connectivity index (χ1) is 17.8. The summed E-state index contributed by atoms with van der Waals surface area (Å²) in [6.45, 7) is 1.54. The van der Waals surface area contributed by atoms with Crippen molar-refractivity contribution in [1.82, 2.24) is 5.43 Å². The second kappa shape index (κ2) is 12.6. The Morgan fingerprint density at radius 3 is 2.35 bits per heavy atom. The Balaban J connectivity index is 1.66. The fraction of sp³-hybridized carbons (Fsp3) is 0.192. The third kappa shape index (κ3) is 6.89. The fourth-order valence-corrected chi connectivity index (χ4v) is 3.38. The number of hydrazone groups is 1. The number of carbonyl (C=O) groups excluding carboxylic acids is 2. The summed E-state index contributed by atoms with van der Waals surface area (Å²) >= 11 is 6.05. The van der Waals surface area contributed by atoms with Crippen LogP contribution in [0.2, 0.25) is 5.02 Å². The van der Waals surface area contributed by atoms with Gasteiger partial charge in [-0.2, -0.15) is 5.10 Å². The molecule has 0 radical (unpaired) electrons. The van der Waals surface area contributed by atoms with Gasteiger partial charge in [0.25, 0.3) is 0 Å². The van der Waals surface area contributed by atoms with Gasteiger partial charge in [-0.1, -0.05) is 17.7 Å². The highest BCUT2D eigenvalue weighted by Crippen LogP contribution is 2.31. The number of hydrogen-bond donors (Lipinski definition) is 2. The molecule has 0 saturated heterocycles. The first kappa shape index (κ1) is 27.3. The fourth-order valence-electron chi connectivity index (χ4n) is 3.16. The molecule has 37 heavy (non-hydrogen) atoms. The first-order valence-corrected chi connectivity index (χ1v) is 11.3. The maximum Gasteiger partial charge on any atom is 0.329 e. The van der Waals surface area contributed by atoms with Crippen LogP contribution in [0.15, 0.2) is 59.7 Å². The molecule has 0 bridgehead atoms. The van der Waals surface area contributed by atoms with Gasteiger partial charge in [0.05, 0.1) is 37.8 Å². The average Bonchev–Trinajstić information content (AvgIpc) is 2.91. The monoisotopic (exact) mass is 529 g/mol. The molecule has 0 fully saturated rings. The highest BCUT2D eigenvalue weighted by molar-refractivity contribution is 6.39. The van der Waals surface area contributed by atoms with Crippen molar-refractivity contribution in [2.45, 2.75) is 13.5 Å². The molecule has 0 spiro atoms. The molecule has 0 heterocycles. The Bertz CT molecular complexity index is 1310. The Morgan fingerprint density at radius 1 is 0.919 bits per heavy atom. The van der Waals surface area contributed by atoms with Crippen LogP contribution in [-0.4, -0.2) is 38.9 Å². The highest BCUT2D eigenvalue weighted by atomic mass is 35.5. The molecule has 3 rings (SSSR count). The van der Waals surface area contributed by atoms with Gasteiger partial charge < -0.3 is 24.3 Å². The van der Waals surface area contributed by atoms with Gasteiger partial charge in [-0.15, -0.1) is 0 Å². The van der Waals surface area contributed by atoms with E-state index in [0.717, 1.165) is 0 Å². The van der Waals surface area contributed by atoms with Gasteiger partial charge in [-0.05, 0) is 49.4 Å². The summed E-state index contributed by atoms with van der Waals surface area (Å²) in [5.74, 6) is -0.824. The molecule has 0 aliphatic carbocycles. The molecule has 0 aliphatic rings. The third-order valence-electron chi connectivity index (χ3n) is 5.20. The molecule has 0 saturated carbocycles. The zero-order valence-electron chi connectivity index (χ0n) is 20.6. The molecule has 0 aliphatic heterocycles. The van der Waals surface area contributed by atoms with Crippen LogP contribution >= 0.6 is 11.6 Å². The summed E-state index contributed by atoms with van der Waals surface area (Å²) in [4.78, 5) is 24.6. The second-order valence-electron chi connectivity index (χ2n) is 7.51. The molecular weight excluding hydrogens is 505 g/mol. The predicted molar refractivity (Wildman–Crippen MR) is 137 cm³/mol. The number of ether oxygens (including phenoxy) is 4. The first-order valence-electron chi connectivity index (χ1n) is 10.9. The van der Waals surface area contributed by atoms with Gasteiger partial charge in [-0.25, -0.2) is 9.82 Å². The lowest BCUT2D eigenvalue weighted by Crippen LogP contribution is -2.33. The van der Waals surface area contributed by atoms with E-state index in [1.165, 1.54) is 33.5 Å². The van der Waals surface area contributed by atoms with Gasteiger partial charge in [0.15, 0.2) is 11.5 Å². The molecule has 2 amide bonds. The number of amides is 2. The second-order valence-corrected chi connectivity index (χ2v) is 7.92. The molecule has 3 aromatic rings. The van der Waals surface area contributed by atoms with Crippen molar-refractivity contribution >= 4 is 34.8 Å². The summed E-state index contributed by atoms with van der Waals surface area (Å²) in [5, 5.41) is 6.71. The summed E-state index contributed by atoms with van der Waals surface area (Å²) < 4.78 is 35.4. The number of benzene rings is 3. The quantitative estimate of drug-likeness (QED) is 0.239. The van der Waals surface area contributed by atoms with Crippen molar-refractivity contribution in [3.63, 3.8) is 0 Å². The lowest BCUT2D eigenvalue weighted by atomic mass is 10.1. The Kier molecular flexibility index (Phi) is 9.28. The summed E-state index contributed by atoms with van der Waals surface area (Å²) in [7, 11) is 4.38. The highest BCUT2D eigenvalue weighted by Gasteiger charge is 2.17. The minimum atomic E-state index is -0.981. The zero-order valence-corrected chi connectivity index (χ0v) is 21.3.